The van der Waals surface area contributed by atoms with Crippen LogP contribution in [0.2, 0.25) is 0 Å². The molecular weight excluding hydrogens is 941 g/mol. The van der Waals surface area contributed by atoms with E-state index in [1.54, 1.807) is 0 Å². The zero-order chi connectivity index (χ0) is 51.8. The molecule has 0 saturated carbocycles. The van der Waals surface area contributed by atoms with Gasteiger partial charge in [0.1, 0.15) is 0 Å². The maximum atomic E-state index is 2.60. The number of hydrogen-bond donors (Lipinski definition) is 0. The number of anilines is 5. The Bertz CT molecular complexity index is 4040. The molecule has 0 radical (unpaired) electrons. The van der Waals surface area contributed by atoms with E-state index in [9.17, 15) is 0 Å². The highest BCUT2D eigenvalue weighted by molar-refractivity contribution is 6.31. The van der Waals surface area contributed by atoms with Gasteiger partial charge in [-0.1, -0.05) is 200 Å². The molecule has 0 aliphatic heterocycles. The van der Waals surface area contributed by atoms with Gasteiger partial charge < -0.3 is 9.80 Å². The molecule has 3 aliphatic rings. The first kappa shape index (κ1) is 47.2. The fraction of sp³-hybridized carbons (Fsp3) is 0.105. The second-order valence-electron chi connectivity index (χ2n) is 21.2. The predicted molar refractivity (Wildman–Crippen MR) is 334 cm³/mol. The van der Waals surface area contributed by atoms with Crippen molar-refractivity contribution in [1.82, 2.24) is 0 Å². The minimum Gasteiger partial charge on any atom is -0.334 e. The summed E-state index contributed by atoms with van der Waals surface area (Å²) >= 11 is 0. The van der Waals surface area contributed by atoms with Crippen molar-refractivity contribution in [3.05, 3.63) is 295 Å². The summed E-state index contributed by atoms with van der Waals surface area (Å²) in [4.78, 5) is 4.86. The van der Waals surface area contributed by atoms with Crippen LogP contribution in [0.5, 0.6) is 0 Å². The van der Waals surface area contributed by atoms with Crippen LogP contribution in [-0.4, -0.2) is 6.04 Å². The van der Waals surface area contributed by atoms with Gasteiger partial charge in [0.2, 0.25) is 0 Å². The molecule has 2 unspecified atom stereocenters. The standard InChI is InChI=1S/C76H60N2/c1-7-22-53(23-8-1)58-42-48-68-72(50-58)73-51-59(67-37-21-27-54-26-19-20-36-66(54)67)43-49-69(73)76-74(57-40-46-65(47-41-57)78(62-32-15-5-16-33-62)63-34-17-6-18-35-63)70(55-24-9-2-10-25-55)52-71(75(68)76)56-38-44-64(45-39-56)77(60-28-11-3-12-29-60)61-30-13-4-14-31-61/h1,3-9,11-18,20-24,27-46,48-52,55,65H,2,10,19,25-26,47H2. The van der Waals surface area contributed by atoms with Gasteiger partial charge in [0, 0.05) is 34.4 Å². The number of allylic oxidation sites excluding steroid dienone is 5. The molecule has 2 heteroatoms. The first-order chi connectivity index (χ1) is 38.7. The zero-order valence-electron chi connectivity index (χ0n) is 43.8. The van der Waals surface area contributed by atoms with Crippen LogP contribution in [-0.2, 0) is 6.42 Å². The molecule has 0 amide bonds. The summed E-state index contributed by atoms with van der Waals surface area (Å²) in [5, 5.41) is 7.72. The molecule has 78 heavy (non-hydrogen) atoms. The van der Waals surface area contributed by atoms with Crippen LogP contribution < -0.4 is 9.80 Å². The van der Waals surface area contributed by atoms with Crippen molar-refractivity contribution in [3.63, 3.8) is 0 Å². The minimum atomic E-state index is 0.134. The van der Waals surface area contributed by atoms with E-state index in [4.69, 9.17) is 0 Å². The van der Waals surface area contributed by atoms with Crippen LogP contribution in [0, 0.1) is 0 Å². The molecule has 0 aromatic heterocycles. The van der Waals surface area contributed by atoms with Crippen molar-refractivity contribution in [3.8, 4) is 33.4 Å². The van der Waals surface area contributed by atoms with Crippen molar-refractivity contribution in [2.75, 3.05) is 9.80 Å². The zero-order valence-corrected chi connectivity index (χ0v) is 43.8. The second kappa shape index (κ2) is 20.7. The van der Waals surface area contributed by atoms with Gasteiger partial charge in [-0.3, -0.25) is 0 Å². The highest BCUT2D eigenvalue weighted by atomic mass is 15.2. The van der Waals surface area contributed by atoms with Gasteiger partial charge in [-0.2, -0.15) is 0 Å². The van der Waals surface area contributed by atoms with E-state index in [-0.39, 0.29) is 12.0 Å². The lowest BCUT2D eigenvalue weighted by molar-refractivity contribution is 0.654. The van der Waals surface area contributed by atoms with Crippen molar-refractivity contribution < 1.29 is 0 Å². The van der Waals surface area contributed by atoms with E-state index < -0.39 is 0 Å². The van der Waals surface area contributed by atoms with Crippen molar-refractivity contribution in [2.45, 2.75) is 50.5 Å². The van der Waals surface area contributed by atoms with Gasteiger partial charge in [0.25, 0.3) is 0 Å². The summed E-state index contributed by atoms with van der Waals surface area (Å²) in [5.74, 6) is 0.257. The Morgan fingerprint density at radius 2 is 0.987 bits per heavy atom. The van der Waals surface area contributed by atoms with Gasteiger partial charge in [-0.15, -0.1) is 0 Å². The Labute approximate surface area is 458 Å². The molecule has 0 bridgehead atoms. The third kappa shape index (κ3) is 8.74. The summed E-state index contributed by atoms with van der Waals surface area (Å²) in [6.07, 6.45) is 23.5. The number of rotatable bonds is 11. The maximum Gasteiger partial charge on any atom is 0.0560 e. The summed E-state index contributed by atoms with van der Waals surface area (Å²) in [7, 11) is 0. The van der Waals surface area contributed by atoms with Gasteiger partial charge in [0.05, 0.1) is 6.04 Å². The third-order valence-corrected chi connectivity index (χ3v) is 16.6. The number of aryl methyl sites for hydroxylation is 1. The van der Waals surface area contributed by atoms with E-state index >= 15 is 0 Å². The molecule has 0 heterocycles. The van der Waals surface area contributed by atoms with Crippen LogP contribution in [0.3, 0.4) is 0 Å². The molecule has 2 nitrogen and oxygen atoms in total. The summed E-state index contributed by atoms with van der Waals surface area (Å²) in [5.41, 5.74) is 20.0. The van der Waals surface area contributed by atoms with E-state index in [0.29, 0.717) is 0 Å². The second-order valence-corrected chi connectivity index (χ2v) is 21.2. The van der Waals surface area contributed by atoms with Crippen molar-refractivity contribution in [2.24, 2.45) is 0 Å². The number of nitrogens with zero attached hydrogens (tertiary/aromatic N) is 2. The maximum absolute atomic E-state index is 2.60. The van der Waals surface area contributed by atoms with E-state index in [0.717, 1.165) is 55.6 Å². The molecular formula is C76H60N2. The Kier molecular flexibility index (Phi) is 12.5. The Morgan fingerprint density at radius 3 is 1.62 bits per heavy atom. The van der Waals surface area contributed by atoms with Gasteiger partial charge >= 0.3 is 0 Å². The Hall–Kier alpha value is -9.24. The highest BCUT2D eigenvalue weighted by Crippen LogP contribution is 2.51. The number of hydrogen-bond acceptors (Lipinski definition) is 2. The molecule has 2 atom stereocenters. The lowest BCUT2D eigenvalue weighted by atomic mass is 9.76. The molecule has 374 valence electrons. The minimum absolute atomic E-state index is 0.134. The largest absolute Gasteiger partial charge is 0.334 e. The first-order valence-corrected chi connectivity index (χ1v) is 28.0. The fourth-order valence-electron chi connectivity index (χ4n) is 12.9. The third-order valence-electron chi connectivity index (χ3n) is 16.6. The lowest BCUT2D eigenvalue weighted by Gasteiger charge is -2.34. The van der Waals surface area contributed by atoms with Gasteiger partial charge in [-0.25, -0.2) is 0 Å². The van der Waals surface area contributed by atoms with Gasteiger partial charge in [-0.05, 0) is 211 Å². The summed E-state index contributed by atoms with van der Waals surface area (Å²) in [6.45, 7) is 0. The van der Waals surface area contributed by atoms with E-state index in [2.05, 4.69) is 289 Å². The number of fused-ring (bicyclic) bond motifs is 7. The molecule has 0 fully saturated rings. The van der Waals surface area contributed by atoms with Crippen LogP contribution in [0.15, 0.2) is 273 Å². The van der Waals surface area contributed by atoms with Crippen LogP contribution in [0.1, 0.15) is 60.3 Å². The molecule has 14 rings (SSSR count). The molecule has 0 spiro atoms. The highest BCUT2D eigenvalue weighted by Gasteiger charge is 2.28. The van der Waals surface area contributed by atoms with Crippen molar-refractivity contribution >= 4 is 72.4 Å². The normalized spacial score (nSPS) is 15.8. The summed E-state index contributed by atoms with van der Waals surface area (Å²) < 4.78 is 0. The summed E-state index contributed by atoms with van der Waals surface area (Å²) in [6, 6.07) is 87.9. The smallest absolute Gasteiger partial charge is 0.0560 e. The first-order valence-electron chi connectivity index (χ1n) is 28.0. The molecule has 0 N–H and O–H groups in total. The average Bonchev–Trinajstić information content (AvgIpc) is 3.55. The molecule has 11 aromatic carbocycles. The topological polar surface area (TPSA) is 6.48 Å². The van der Waals surface area contributed by atoms with Crippen LogP contribution in [0.4, 0.5) is 28.4 Å². The molecule has 11 aromatic rings. The number of benzene rings is 11. The predicted octanol–water partition coefficient (Wildman–Crippen LogP) is 21.0. The van der Waals surface area contributed by atoms with Gasteiger partial charge in [0.15, 0.2) is 0 Å². The van der Waals surface area contributed by atoms with Crippen LogP contribution >= 0.6 is 0 Å². The Morgan fingerprint density at radius 1 is 0.397 bits per heavy atom. The quantitative estimate of drug-likeness (QED) is 0.0941. The van der Waals surface area contributed by atoms with E-state index in [1.165, 1.54) is 105 Å². The Balaban J connectivity index is 1.05. The monoisotopic (exact) mass is 1000 g/mol. The molecule has 3 aliphatic carbocycles. The SMILES string of the molecule is C1=CC(c2cc(-c3ccc(N(c4ccccc4)c4ccccc4)cc3)c3c4ccc(-c5ccccc5)cc4c4cc(-c5cccc6c5C=CCC6)ccc4c3c2C2=CCC(N(c3ccccc3)c3ccccc3)C=C2)CCC1. The van der Waals surface area contributed by atoms with Crippen LogP contribution in [0.25, 0.3) is 77.3 Å². The fourth-order valence-corrected chi connectivity index (χ4v) is 12.9. The van der Waals surface area contributed by atoms with Crippen molar-refractivity contribution in [1.29, 1.82) is 0 Å². The molecule has 0 saturated heterocycles. The lowest BCUT2D eigenvalue weighted by Crippen LogP contribution is -2.30. The van der Waals surface area contributed by atoms with E-state index in [1.807, 2.05) is 0 Å². The number of para-hydroxylation sites is 4. The average molecular weight is 1000 g/mol.